The first-order valence-electron chi connectivity index (χ1n) is 7.90. The minimum atomic E-state index is -0.129. The Bertz CT molecular complexity index is 735. The minimum Gasteiger partial charge on any atom is -0.352 e. The van der Waals surface area contributed by atoms with Crippen LogP contribution in [0.4, 0.5) is 0 Å². The van der Waals surface area contributed by atoms with E-state index in [9.17, 15) is 9.59 Å². The summed E-state index contributed by atoms with van der Waals surface area (Å²) in [5, 5.41) is 3.83. The van der Waals surface area contributed by atoms with Gasteiger partial charge in [-0.05, 0) is 31.1 Å². The third-order valence-electron chi connectivity index (χ3n) is 3.97. The first-order valence-corrected chi connectivity index (χ1v) is 7.90. The normalized spacial score (nSPS) is 15.0. The van der Waals surface area contributed by atoms with Crippen molar-refractivity contribution in [3.8, 4) is 0 Å². The van der Waals surface area contributed by atoms with E-state index in [-0.39, 0.29) is 11.8 Å². The number of nitrogens with one attached hydrogen (secondary N) is 2. The average Bonchev–Trinajstić information content (AvgIpc) is 3.16. The number of aromatic nitrogens is 2. The fourth-order valence-electron chi connectivity index (χ4n) is 2.76. The molecule has 0 radical (unpaired) electrons. The van der Waals surface area contributed by atoms with Crippen LogP contribution in [0.2, 0.25) is 0 Å². The Labute approximate surface area is 134 Å². The molecule has 2 aromatic heterocycles. The lowest BCUT2D eigenvalue weighted by Crippen LogP contribution is -2.29. The van der Waals surface area contributed by atoms with Gasteiger partial charge in [0, 0.05) is 55.5 Å². The predicted molar refractivity (Wildman–Crippen MR) is 88.6 cm³/mol. The van der Waals surface area contributed by atoms with Crippen LogP contribution in [0.3, 0.4) is 0 Å². The number of fused-ring (bicyclic) bond motifs is 1. The van der Waals surface area contributed by atoms with Crippen LogP contribution in [0.25, 0.3) is 17.1 Å². The Morgan fingerprint density at radius 1 is 1.48 bits per heavy atom. The molecular weight excluding hydrogens is 292 g/mol. The molecule has 1 fully saturated rings. The summed E-state index contributed by atoms with van der Waals surface area (Å²) in [7, 11) is 0. The van der Waals surface area contributed by atoms with Gasteiger partial charge in [-0.1, -0.05) is 0 Å². The van der Waals surface area contributed by atoms with Gasteiger partial charge in [-0.15, -0.1) is 0 Å². The van der Waals surface area contributed by atoms with E-state index in [0.29, 0.717) is 13.0 Å². The van der Waals surface area contributed by atoms with Gasteiger partial charge in [-0.3, -0.25) is 9.59 Å². The molecule has 0 bridgehead atoms. The fourth-order valence-corrected chi connectivity index (χ4v) is 2.76. The van der Waals surface area contributed by atoms with Gasteiger partial charge in [0.25, 0.3) is 0 Å². The Hall–Kier alpha value is -2.63. The number of H-pyrrole nitrogens is 1. The number of carbonyl (C=O) groups excluding carboxylic acids is 2. The lowest BCUT2D eigenvalue weighted by atomic mass is 10.2. The second-order valence-electron chi connectivity index (χ2n) is 5.61. The topological polar surface area (TPSA) is 78.1 Å². The number of aromatic amines is 1. The number of carbonyl (C=O) groups is 2. The molecule has 1 saturated heterocycles. The van der Waals surface area contributed by atoms with Gasteiger partial charge in [-0.2, -0.15) is 0 Å². The van der Waals surface area contributed by atoms with E-state index in [1.54, 1.807) is 12.3 Å². The second-order valence-corrected chi connectivity index (χ2v) is 5.61. The van der Waals surface area contributed by atoms with E-state index in [2.05, 4.69) is 15.3 Å². The van der Waals surface area contributed by atoms with Crippen molar-refractivity contribution in [1.82, 2.24) is 20.2 Å². The Balaban J connectivity index is 1.45. The van der Waals surface area contributed by atoms with Crippen LogP contribution in [0.1, 0.15) is 24.8 Å². The molecule has 0 aromatic carbocycles. The van der Waals surface area contributed by atoms with E-state index >= 15 is 0 Å². The number of likely N-dealkylation sites (tertiary alicyclic amines) is 1. The molecule has 120 valence electrons. The van der Waals surface area contributed by atoms with Gasteiger partial charge in [-0.25, -0.2) is 4.98 Å². The maximum absolute atomic E-state index is 11.8. The quantitative estimate of drug-likeness (QED) is 0.629. The van der Waals surface area contributed by atoms with Crippen molar-refractivity contribution in [1.29, 1.82) is 0 Å². The molecule has 0 spiro atoms. The zero-order valence-corrected chi connectivity index (χ0v) is 12.9. The predicted octanol–water partition coefficient (Wildman–Crippen LogP) is 1.70. The van der Waals surface area contributed by atoms with Crippen LogP contribution in [-0.2, 0) is 9.59 Å². The number of rotatable bonds is 6. The zero-order valence-electron chi connectivity index (χ0n) is 12.9. The fraction of sp³-hybridized carbons (Fsp3) is 0.353. The third-order valence-corrected chi connectivity index (χ3v) is 3.97. The SMILES string of the molecule is O=C(C=Cc1c[nH]c2ncccc12)NCCCN1CCCC1=O. The molecule has 1 aliphatic heterocycles. The van der Waals surface area contributed by atoms with Crippen LogP contribution in [0.15, 0.2) is 30.6 Å². The molecule has 0 saturated carbocycles. The molecule has 0 aliphatic carbocycles. The summed E-state index contributed by atoms with van der Waals surface area (Å²) < 4.78 is 0. The van der Waals surface area contributed by atoms with E-state index in [1.807, 2.05) is 23.2 Å². The Morgan fingerprint density at radius 2 is 2.39 bits per heavy atom. The van der Waals surface area contributed by atoms with Gasteiger partial charge >= 0.3 is 0 Å². The van der Waals surface area contributed by atoms with Crippen molar-refractivity contribution < 1.29 is 9.59 Å². The van der Waals surface area contributed by atoms with E-state index in [4.69, 9.17) is 0 Å². The number of hydrogen-bond acceptors (Lipinski definition) is 3. The van der Waals surface area contributed by atoms with Gasteiger partial charge < -0.3 is 15.2 Å². The molecule has 0 unspecified atom stereocenters. The summed E-state index contributed by atoms with van der Waals surface area (Å²) in [6, 6.07) is 3.83. The Kier molecular flexibility index (Phi) is 4.71. The molecule has 23 heavy (non-hydrogen) atoms. The maximum Gasteiger partial charge on any atom is 0.244 e. The molecule has 2 aromatic rings. The highest BCUT2D eigenvalue weighted by atomic mass is 16.2. The average molecular weight is 312 g/mol. The number of hydrogen-bond donors (Lipinski definition) is 2. The summed E-state index contributed by atoms with van der Waals surface area (Å²) in [5.74, 6) is 0.0974. The lowest BCUT2D eigenvalue weighted by Gasteiger charge is -2.14. The highest BCUT2D eigenvalue weighted by molar-refractivity contribution is 5.95. The molecule has 1 aliphatic rings. The third kappa shape index (κ3) is 3.77. The molecule has 3 rings (SSSR count). The largest absolute Gasteiger partial charge is 0.352 e. The molecule has 3 heterocycles. The first kappa shape index (κ1) is 15.3. The highest BCUT2D eigenvalue weighted by Crippen LogP contribution is 2.16. The van der Waals surface area contributed by atoms with Gasteiger partial charge in [0.1, 0.15) is 5.65 Å². The summed E-state index contributed by atoms with van der Waals surface area (Å²) in [5.41, 5.74) is 1.74. The molecule has 6 heteroatoms. The van der Waals surface area contributed by atoms with E-state index in [0.717, 1.165) is 42.5 Å². The molecule has 2 amide bonds. The summed E-state index contributed by atoms with van der Waals surface area (Å²) >= 11 is 0. The van der Waals surface area contributed by atoms with Gasteiger partial charge in [0.2, 0.25) is 11.8 Å². The van der Waals surface area contributed by atoms with Crippen LogP contribution < -0.4 is 5.32 Å². The summed E-state index contributed by atoms with van der Waals surface area (Å²) in [6.45, 7) is 2.14. The molecule has 6 nitrogen and oxygen atoms in total. The lowest BCUT2D eigenvalue weighted by molar-refractivity contribution is -0.127. The van der Waals surface area contributed by atoms with Crippen LogP contribution in [0, 0.1) is 0 Å². The van der Waals surface area contributed by atoms with Crippen LogP contribution in [0.5, 0.6) is 0 Å². The first-order chi connectivity index (χ1) is 11.2. The standard InChI is InChI=1S/C17H20N4O2/c22-15(18-9-3-11-21-10-2-5-16(21)23)7-6-13-12-20-17-14(13)4-1-8-19-17/h1,4,6-8,12H,2-3,5,9-11H2,(H,18,22)(H,19,20). The Morgan fingerprint density at radius 3 is 3.22 bits per heavy atom. The summed E-state index contributed by atoms with van der Waals surface area (Å²) in [6.07, 6.45) is 9.26. The van der Waals surface area contributed by atoms with Crippen molar-refractivity contribution in [3.05, 3.63) is 36.2 Å². The second kappa shape index (κ2) is 7.09. The number of pyridine rings is 1. The molecule has 2 N–H and O–H groups in total. The van der Waals surface area contributed by atoms with E-state index < -0.39 is 0 Å². The smallest absolute Gasteiger partial charge is 0.244 e. The van der Waals surface area contributed by atoms with Crippen molar-refractivity contribution in [2.75, 3.05) is 19.6 Å². The number of amides is 2. The summed E-state index contributed by atoms with van der Waals surface area (Å²) in [4.78, 5) is 32.4. The van der Waals surface area contributed by atoms with Crippen molar-refractivity contribution in [3.63, 3.8) is 0 Å². The van der Waals surface area contributed by atoms with E-state index in [1.165, 1.54) is 6.08 Å². The monoisotopic (exact) mass is 312 g/mol. The van der Waals surface area contributed by atoms with Gasteiger partial charge in [0.05, 0.1) is 0 Å². The highest BCUT2D eigenvalue weighted by Gasteiger charge is 2.18. The zero-order chi connectivity index (χ0) is 16.1. The van der Waals surface area contributed by atoms with Crippen molar-refractivity contribution >= 4 is 28.9 Å². The van der Waals surface area contributed by atoms with Gasteiger partial charge in [0.15, 0.2) is 0 Å². The van der Waals surface area contributed by atoms with Crippen molar-refractivity contribution in [2.24, 2.45) is 0 Å². The van der Waals surface area contributed by atoms with Crippen molar-refractivity contribution in [2.45, 2.75) is 19.3 Å². The van der Waals surface area contributed by atoms with Crippen LogP contribution in [-0.4, -0.2) is 46.3 Å². The molecule has 0 atom stereocenters. The minimum absolute atomic E-state index is 0.129. The number of nitrogens with zero attached hydrogens (tertiary/aromatic N) is 2. The van der Waals surface area contributed by atoms with Crippen LogP contribution >= 0.6 is 0 Å². The molecular formula is C17H20N4O2. The maximum atomic E-state index is 11.8.